The van der Waals surface area contributed by atoms with E-state index in [-0.39, 0.29) is 29.7 Å². The zero-order chi connectivity index (χ0) is 26.3. The number of fused-ring (bicyclic) bond motifs is 1. The van der Waals surface area contributed by atoms with Crippen LogP contribution in [0.3, 0.4) is 0 Å². The number of epoxide rings is 1. The lowest BCUT2D eigenvalue weighted by Gasteiger charge is -2.21. The molecule has 0 spiro atoms. The number of nitrogens with zero attached hydrogens (tertiary/aromatic N) is 4. The maximum atomic E-state index is 14.9. The molecule has 200 valence electrons. The molecule has 4 heterocycles. The van der Waals surface area contributed by atoms with Crippen LogP contribution in [0, 0.1) is 5.82 Å². The van der Waals surface area contributed by atoms with Gasteiger partial charge >= 0.3 is 0 Å². The summed E-state index contributed by atoms with van der Waals surface area (Å²) in [6.45, 7) is 11.4. The highest BCUT2D eigenvalue weighted by molar-refractivity contribution is 9.10. The van der Waals surface area contributed by atoms with Crippen molar-refractivity contribution < 1.29 is 23.3 Å². The van der Waals surface area contributed by atoms with Gasteiger partial charge in [0, 0.05) is 37.9 Å². The molecular formula is C25H32BrFN4O5Si. The summed E-state index contributed by atoms with van der Waals surface area (Å²) in [7, 11) is -1.27. The van der Waals surface area contributed by atoms with Crippen molar-refractivity contribution >= 4 is 35.2 Å². The first-order valence-corrected chi connectivity index (χ1v) is 17.0. The van der Waals surface area contributed by atoms with Crippen molar-refractivity contribution in [1.29, 1.82) is 0 Å². The smallest absolute Gasteiger partial charge is 0.225 e. The van der Waals surface area contributed by atoms with Gasteiger partial charge in [0.25, 0.3) is 0 Å². The lowest BCUT2D eigenvalue weighted by atomic mass is 10.0. The Labute approximate surface area is 224 Å². The van der Waals surface area contributed by atoms with Crippen LogP contribution >= 0.6 is 15.9 Å². The van der Waals surface area contributed by atoms with E-state index in [9.17, 15) is 9.18 Å². The predicted molar refractivity (Wildman–Crippen MR) is 142 cm³/mol. The van der Waals surface area contributed by atoms with E-state index in [1.165, 1.54) is 10.9 Å². The fourth-order valence-electron chi connectivity index (χ4n) is 4.42. The molecule has 0 saturated carbocycles. The van der Waals surface area contributed by atoms with Crippen molar-refractivity contribution in [2.75, 3.05) is 26.4 Å². The van der Waals surface area contributed by atoms with Gasteiger partial charge < -0.3 is 23.5 Å². The van der Waals surface area contributed by atoms with Crippen LogP contribution in [0.5, 0.6) is 0 Å². The van der Waals surface area contributed by atoms with Crippen molar-refractivity contribution in [1.82, 2.24) is 19.6 Å². The minimum atomic E-state index is -1.27. The van der Waals surface area contributed by atoms with Crippen LogP contribution in [-0.2, 0) is 25.7 Å². The Balaban J connectivity index is 1.53. The fourth-order valence-corrected chi connectivity index (χ4v) is 5.97. The molecule has 5 rings (SSSR count). The molecule has 3 aromatic rings. The van der Waals surface area contributed by atoms with Gasteiger partial charge in [0.15, 0.2) is 17.5 Å². The first kappa shape index (κ1) is 26.6. The van der Waals surface area contributed by atoms with Gasteiger partial charge in [-0.25, -0.2) is 4.39 Å². The second kappa shape index (κ2) is 10.7. The first-order valence-electron chi connectivity index (χ1n) is 12.5. The Morgan fingerprint density at radius 1 is 1.22 bits per heavy atom. The lowest BCUT2D eigenvalue weighted by molar-refractivity contribution is -0.0464. The Morgan fingerprint density at radius 2 is 1.95 bits per heavy atom. The number of ether oxygens (including phenoxy) is 4. The molecule has 1 aromatic carbocycles. The highest BCUT2D eigenvalue weighted by atomic mass is 79.9. The third-order valence-corrected chi connectivity index (χ3v) is 9.05. The number of aromatic nitrogens is 4. The van der Waals surface area contributed by atoms with E-state index in [4.69, 9.17) is 18.9 Å². The van der Waals surface area contributed by atoms with Crippen molar-refractivity contribution in [2.24, 2.45) is 0 Å². The van der Waals surface area contributed by atoms with Gasteiger partial charge in [0.1, 0.15) is 12.5 Å². The third-order valence-electron chi connectivity index (χ3n) is 6.57. The van der Waals surface area contributed by atoms with Gasteiger partial charge in [-0.05, 0) is 40.5 Å². The quantitative estimate of drug-likeness (QED) is 0.190. The Bertz CT molecular complexity index is 1350. The van der Waals surface area contributed by atoms with Crippen LogP contribution in [-0.4, -0.2) is 60.2 Å². The van der Waals surface area contributed by atoms with Crippen molar-refractivity contribution in [3.63, 3.8) is 0 Å². The summed E-state index contributed by atoms with van der Waals surface area (Å²) in [6.07, 6.45) is 0.252. The normalized spacial score (nSPS) is 19.1. The monoisotopic (exact) mass is 594 g/mol. The number of hydrogen-bond acceptors (Lipinski definition) is 7. The topological polar surface area (TPSA) is 92.9 Å². The Kier molecular flexibility index (Phi) is 7.67. The Morgan fingerprint density at radius 3 is 2.59 bits per heavy atom. The van der Waals surface area contributed by atoms with Gasteiger partial charge in [-0.1, -0.05) is 26.6 Å². The third kappa shape index (κ3) is 5.89. The summed E-state index contributed by atoms with van der Waals surface area (Å²) >= 11 is 3.54. The number of benzene rings is 1. The molecule has 12 heteroatoms. The number of pyridine rings is 1. The molecule has 9 nitrogen and oxygen atoms in total. The Hall–Kier alpha value is -1.96. The summed E-state index contributed by atoms with van der Waals surface area (Å²) in [5.41, 5.74) is 1.82. The van der Waals surface area contributed by atoms with Crippen LogP contribution in [0.1, 0.15) is 36.8 Å². The largest absolute Gasteiger partial charge is 0.373 e. The van der Waals surface area contributed by atoms with Crippen LogP contribution < -0.4 is 5.43 Å². The van der Waals surface area contributed by atoms with E-state index in [0.29, 0.717) is 41.2 Å². The SMILES string of the molecule is CC(CC1CO1)c1c(Br)c(=O)c2nn(-c3ccc(C4OCCO4)c(F)c3)nc2n1COCC[Si](C)(C)C. The van der Waals surface area contributed by atoms with Gasteiger partial charge in [0.2, 0.25) is 5.43 Å². The molecule has 0 amide bonds. The average Bonchev–Trinajstić information content (AvgIpc) is 3.30. The summed E-state index contributed by atoms with van der Waals surface area (Å²) in [6, 6.07) is 5.62. The molecule has 0 radical (unpaired) electrons. The van der Waals surface area contributed by atoms with Gasteiger partial charge in [-0.3, -0.25) is 4.79 Å². The number of hydrogen-bond donors (Lipinski definition) is 0. The second-order valence-electron chi connectivity index (χ2n) is 10.8. The second-order valence-corrected chi connectivity index (χ2v) is 17.3. The van der Waals surface area contributed by atoms with Crippen LogP contribution in [0.2, 0.25) is 25.7 Å². The molecule has 2 saturated heterocycles. The first-order chi connectivity index (χ1) is 17.6. The fraction of sp³-hybridized carbons (Fsp3) is 0.560. The number of rotatable bonds is 10. The molecule has 2 aliphatic rings. The van der Waals surface area contributed by atoms with Crippen molar-refractivity contribution in [3.8, 4) is 5.69 Å². The van der Waals surface area contributed by atoms with Crippen LogP contribution in [0.4, 0.5) is 4.39 Å². The molecule has 0 N–H and O–H groups in total. The van der Waals surface area contributed by atoms with Gasteiger partial charge in [-0.15, -0.1) is 15.0 Å². The van der Waals surface area contributed by atoms with Gasteiger partial charge in [0.05, 0.1) is 36.1 Å². The molecule has 2 aliphatic heterocycles. The van der Waals surface area contributed by atoms with E-state index >= 15 is 0 Å². The minimum absolute atomic E-state index is 0.0212. The molecule has 0 bridgehead atoms. The number of halogens is 2. The van der Waals surface area contributed by atoms with E-state index in [0.717, 1.165) is 24.8 Å². The average molecular weight is 596 g/mol. The summed E-state index contributed by atoms with van der Waals surface area (Å²) in [5, 5.41) is 9.09. The summed E-state index contributed by atoms with van der Waals surface area (Å²) < 4.78 is 39.7. The molecule has 2 fully saturated rings. The van der Waals surface area contributed by atoms with E-state index in [1.807, 2.05) is 4.57 Å². The standard InChI is InChI=1S/C25H32BrFN4O5Si/c1-15(11-17-13-36-17)22-20(26)23(32)21-24(30(22)14-33-9-10-37(2,3)4)29-31(28-21)16-5-6-18(19(27)12-16)25-34-7-8-35-25/h5-6,12,15,17,25H,7-11,13-14H2,1-4H3. The summed E-state index contributed by atoms with van der Waals surface area (Å²) in [5.74, 6) is -0.469. The zero-order valence-corrected chi connectivity index (χ0v) is 24.1. The van der Waals surface area contributed by atoms with E-state index < -0.39 is 20.2 Å². The summed E-state index contributed by atoms with van der Waals surface area (Å²) in [4.78, 5) is 14.6. The highest BCUT2D eigenvalue weighted by Crippen LogP contribution is 2.33. The van der Waals surface area contributed by atoms with E-state index in [2.05, 4.69) is 52.7 Å². The highest BCUT2D eigenvalue weighted by Gasteiger charge is 2.30. The van der Waals surface area contributed by atoms with Crippen LogP contribution in [0.15, 0.2) is 27.5 Å². The van der Waals surface area contributed by atoms with Gasteiger partial charge in [-0.2, -0.15) is 0 Å². The molecule has 2 atom stereocenters. The molecule has 2 aromatic heterocycles. The maximum Gasteiger partial charge on any atom is 0.225 e. The van der Waals surface area contributed by atoms with Crippen molar-refractivity contribution in [2.45, 2.75) is 64.1 Å². The molecule has 37 heavy (non-hydrogen) atoms. The maximum absolute atomic E-state index is 14.9. The molecular weight excluding hydrogens is 563 g/mol. The molecule has 0 aliphatic carbocycles. The van der Waals surface area contributed by atoms with Crippen LogP contribution in [0.25, 0.3) is 16.9 Å². The zero-order valence-electron chi connectivity index (χ0n) is 21.5. The predicted octanol–water partition coefficient (Wildman–Crippen LogP) is 4.73. The minimum Gasteiger partial charge on any atom is -0.373 e. The molecule has 2 unspecified atom stereocenters. The van der Waals surface area contributed by atoms with E-state index in [1.54, 1.807) is 12.1 Å². The van der Waals surface area contributed by atoms with Crippen molar-refractivity contribution in [3.05, 3.63) is 50.0 Å². The lowest BCUT2D eigenvalue weighted by Crippen LogP contribution is -2.24.